The molecule has 0 saturated heterocycles. The topological polar surface area (TPSA) is 161 Å². The number of rotatable bonds is 9. The van der Waals surface area contributed by atoms with Gasteiger partial charge < -0.3 is 29.8 Å². The van der Waals surface area contributed by atoms with E-state index in [9.17, 15) is 19.2 Å². The number of fused-ring (bicyclic) bond motifs is 2. The smallest absolute Gasteiger partial charge is 0.408 e. The van der Waals surface area contributed by atoms with Gasteiger partial charge in [0.2, 0.25) is 11.9 Å². The van der Waals surface area contributed by atoms with Gasteiger partial charge in [-0.3, -0.25) is 14.9 Å². The minimum Gasteiger partial charge on any atom is -0.478 e. The van der Waals surface area contributed by atoms with E-state index in [4.69, 9.17) is 14.2 Å². The molecule has 1 aliphatic rings. The molecule has 0 aliphatic carbocycles. The molecule has 1 unspecified atom stereocenters. The fraction of sp³-hybridized carbons (Fsp3) is 0.281. The first-order chi connectivity index (χ1) is 21.0. The predicted octanol–water partition coefficient (Wildman–Crippen LogP) is 4.47. The maximum absolute atomic E-state index is 13.1. The van der Waals surface area contributed by atoms with Crippen LogP contribution >= 0.6 is 0 Å². The number of nitrogens with zero attached hydrogens (tertiary/aromatic N) is 1. The van der Waals surface area contributed by atoms with Gasteiger partial charge in [-0.2, -0.15) is 0 Å². The van der Waals surface area contributed by atoms with Crippen molar-refractivity contribution in [2.45, 2.75) is 58.0 Å². The van der Waals surface area contributed by atoms with Crippen LogP contribution in [0.4, 0.5) is 16.4 Å². The number of esters is 1. The lowest BCUT2D eigenvalue weighted by Gasteiger charge is -2.26. The van der Waals surface area contributed by atoms with Gasteiger partial charge in [-0.1, -0.05) is 48.5 Å². The monoisotopic (exact) mass is 599 g/mol. The summed E-state index contributed by atoms with van der Waals surface area (Å²) >= 11 is 0. The summed E-state index contributed by atoms with van der Waals surface area (Å²) in [7, 11) is 0. The Morgan fingerprint density at radius 3 is 2.50 bits per heavy atom. The number of amides is 3. The molecule has 228 valence electrons. The number of nitrogens with one attached hydrogen (secondary N) is 4. The van der Waals surface area contributed by atoms with Crippen LogP contribution in [0.5, 0.6) is 5.75 Å². The molecule has 1 aliphatic heterocycles. The molecule has 4 aromatic rings. The number of para-hydroxylation sites is 2. The Bertz CT molecular complexity index is 1650. The summed E-state index contributed by atoms with van der Waals surface area (Å²) < 4.78 is 16.7. The molecule has 0 fully saturated rings. The van der Waals surface area contributed by atoms with Crippen molar-refractivity contribution in [2.24, 2.45) is 0 Å². The molecule has 3 aromatic carbocycles. The Hall–Kier alpha value is -5.39. The SMILES string of the molecule is CC(C)(C)OC(=O)N[C@@H](Cc1ccc2c(c1)NC(=O)C(CC(=O)Nc1nc3ccccc3[nH]1)O2)C(=O)OCc1ccccc1. The van der Waals surface area contributed by atoms with E-state index in [2.05, 4.69) is 25.9 Å². The van der Waals surface area contributed by atoms with Crippen LogP contribution in [0.15, 0.2) is 72.8 Å². The molecule has 4 N–H and O–H groups in total. The van der Waals surface area contributed by atoms with E-state index in [-0.39, 0.29) is 25.4 Å². The molecule has 1 aromatic heterocycles. The van der Waals surface area contributed by atoms with E-state index in [0.29, 0.717) is 22.5 Å². The zero-order valence-corrected chi connectivity index (χ0v) is 24.5. The average Bonchev–Trinajstić information content (AvgIpc) is 3.38. The van der Waals surface area contributed by atoms with Crippen molar-refractivity contribution in [3.8, 4) is 5.75 Å². The highest BCUT2D eigenvalue weighted by atomic mass is 16.6. The lowest BCUT2D eigenvalue weighted by atomic mass is 10.0. The second-order valence-electron chi connectivity index (χ2n) is 11.3. The normalized spacial score (nSPS) is 14.9. The summed E-state index contributed by atoms with van der Waals surface area (Å²) in [5.74, 6) is -0.963. The number of hydrogen-bond donors (Lipinski definition) is 4. The maximum atomic E-state index is 13.1. The third kappa shape index (κ3) is 7.91. The fourth-order valence-corrected chi connectivity index (χ4v) is 4.53. The van der Waals surface area contributed by atoms with Crippen molar-refractivity contribution in [1.29, 1.82) is 0 Å². The van der Waals surface area contributed by atoms with E-state index in [1.165, 1.54) is 0 Å². The summed E-state index contributed by atoms with van der Waals surface area (Å²) in [5, 5.41) is 8.02. The van der Waals surface area contributed by atoms with Gasteiger partial charge in [0.25, 0.3) is 5.91 Å². The lowest BCUT2D eigenvalue weighted by Crippen LogP contribution is -2.45. The number of hydrogen-bond acceptors (Lipinski definition) is 8. The van der Waals surface area contributed by atoms with Crippen LogP contribution in [0.1, 0.15) is 38.3 Å². The van der Waals surface area contributed by atoms with Crippen LogP contribution in [-0.4, -0.2) is 51.6 Å². The van der Waals surface area contributed by atoms with Gasteiger partial charge in [0.05, 0.1) is 23.1 Å². The van der Waals surface area contributed by atoms with Crippen LogP contribution < -0.4 is 20.7 Å². The number of anilines is 2. The minimum absolute atomic E-state index is 0.0333. The van der Waals surface area contributed by atoms with Crippen molar-refractivity contribution < 1.29 is 33.4 Å². The van der Waals surface area contributed by atoms with Crippen molar-refractivity contribution in [2.75, 3.05) is 10.6 Å². The molecular formula is C32H33N5O7. The second kappa shape index (κ2) is 12.9. The Balaban J connectivity index is 1.23. The van der Waals surface area contributed by atoms with Crippen molar-refractivity contribution in [3.63, 3.8) is 0 Å². The van der Waals surface area contributed by atoms with Gasteiger partial charge in [0.15, 0.2) is 6.10 Å². The Kier molecular flexibility index (Phi) is 8.79. The number of H-pyrrole nitrogens is 1. The zero-order chi connectivity index (χ0) is 31.3. The first-order valence-electron chi connectivity index (χ1n) is 14.1. The summed E-state index contributed by atoms with van der Waals surface area (Å²) in [6.45, 7) is 5.19. The Morgan fingerprint density at radius 1 is 1.00 bits per heavy atom. The summed E-state index contributed by atoms with van der Waals surface area (Å²) in [5.41, 5.74) is 2.49. The van der Waals surface area contributed by atoms with Gasteiger partial charge in [-0.05, 0) is 56.2 Å². The van der Waals surface area contributed by atoms with Crippen molar-refractivity contribution in [3.05, 3.63) is 83.9 Å². The predicted molar refractivity (Wildman–Crippen MR) is 162 cm³/mol. The van der Waals surface area contributed by atoms with Crippen LogP contribution in [0, 0.1) is 0 Å². The van der Waals surface area contributed by atoms with Gasteiger partial charge in [0, 0.05) is 6.42 Å². The first-order valence-corrected chi connectivity index (χ1v) is 14.1. The molecule has 44 heavy (non-hydrogen) atoms. The molecule has 0 bridgehead atoms. The van der Waals surface area contributed by atoms with E-state index < -0.39 is 41.6 Å². The number of benzene rings is 3. The maximum Gasteiger partial charge on any atom is 0.408 e. The van der Waals surface area contributed by atoms with E-state index in [0.717, 1.165) is 11.1 Å². The highest BCUT2D eigenvalue weighted by molar-refractivity contribution is 6.02. The number of aromatic amines is 1. The average molecular weight is 600 g/mol. The number of aromatic nitrogens is 2. The van der Waals surface area contributed by atoms with E-state index >= 15 is 0 Å². The van der Waals surface area contributed by atoms with Crippen LogP contribution in [-0.2, 0) is 36.9 Å². The van der Waals surface area contributed by atoms with Gasteiger partial charge in [-0.15, -0.1) is 0 Å². The van der Waals surface area contributed by atoms with E-state index in [1.54, 1.807) is 39.0 Å². The van der Waals surface area contributed by atoms with Gasteiger partial charge in [-0.25, -0.2) is 14.6 Å². The quantitative estimate of drug-likeness (QED) is 0.205. The molecule has 2 atom stereocenters. The zero-order valence-electron chi connectivity index (χ0n) is 24.5. The molecule has 2 heterocycles. The number of carbonyl (C=O) groups is 4. The molecule has 12 nitrogen and oxygen atoms in total. The third-order valence-electron chi connectivity index (χ3n) is 6.52. The van der Waals surface area contributed by atoms with Crippen molar-refractivity contribution in [1.82, 2.24) is 15.3 Å². The van der Waals surface area contributed by atoms with Gasteiger partial charge >= 0.3 is 12.1 Å². The Labute approximate surface area is 253 Å². The van der Waals surface area contributed by atoms with Crippen LogP contribution in [0.2, 0.25) is 0 Å². The fourth-order valence-electron chi connectivity index (χ4n) is 4.53. The highest BCUT2D eigenvalue weighted by Gasteiger charge is 2.31. The molecular weight excluding hydrogens is 566 g/mol. The number of alkyl carbamates (subject to hydrolysis) is 1. The molecule has 12 heteroatoms. The first kappa shape index (κ1) is 30.1. The number of carbonyl (C=O) groups excluding carboxylic acids is 4. The van der Waals surface area contributed by atoms with Crippen molar-refractivity contribution >= 4 is 46.5 Å². The number of ether oxygens (including phenoxy) is 3. The van der Waals surface area contributed by atoms with E-state index in [1.807, 2.05) is 54.6 Å². The number of imidazole rings is 1. The molecule has 3 amide bonds. The Morgan fingerprint density at radius 2 is 1.75 bits per heavy atom. The minimum atomic E-state index is -1.07. The molecule has 0 saturated carbocycles. The lowest BCUT2D eigenvalue weighted by molar-refractivity contribution is -0.147. The molecule has 0 radical (unpaired) electrons. The van der Waals surface area contributed by atoms with Crippen LogP contribution in [0.3, 0.4) is 0 Å². The second-order valence-corrected chi connectivity index (χ2v) is 11.3. The highest BCUT2D eigenvalue weighted by Crippen LogP contribution is 2.32. The largest absolute Gasteiger partial charge is 0.478 e. The summed E-state index contributed by atoms with van der Waals surface area (Å²) in [6.07, 6.45) is -2.01. The molecule has 5 rings (SSSR count). The standard InChI is InChI=1S/C32H33N5O7/c1-32(2,3)44-31(41)36-24(29(40)42-18-19-9-5-4-6-10-19)16-20-13-14-25-23(15-20)33-28(39)26(43-25)17-27(38)37-30-34-21-11-7-8-12-22(21)35-30/h4-15,24,26H,16-18H2,1-3H3,(H,33,39)(H,36,41)(H2,34,35,37,38)/t24-,26?/m0/s1. The summed E-state index contributed by atoms with van der Waals surface area (Å²) in [4.78, 5) is 58.4. The molecule has 0 spiro atoms. The third-order valence-corrected chi connectivity index (χ3v) is 6.52. The van der Waals surface area contributed by atoms with Crippen LogP contribution in [0.25, 0.3) is 11.0 Å². The van der Waals surface area contributed by atoms with Gasteiger partial charge in [0.1, 0.15) is 24.0 Å². The summed E-state index contributed by atoms with van der Waals surface area (Å²) in [6, 6.07) is 20.4.